The predicted molar refractivity (Wildman–Crippen MR) is 68.6 cm³/mol. The number of carbonyl (C=O) groups excluding carboxylic acids is 1. The zero-order chi connectivity index (χ0) is 13.0. The van der Waals surface area contributed by atoms with E-state index in [0.29, 0.717) is 12.2 Å². The average Bonchev–Trinajstić information content (AvgIpc) is 2.99. The van der Waals surface area contributed by atoms with Crippen molar-refractivity contribution in [2.24, 2.45) is 0 Å². The number of hydrogen-bond donors (Lipinski definition) is 1. The molecule has 0 bridgehead atoms. The van der Waals surface area contributed by atoms with E-state index < -0.39 is 0 Å². The van der Waals surface area contributed by atoms with Crippen LogP contribution in [0.15, 0.2) is 10.6 Å². The summed E-state index contributed by atoms with van der Waals surface area (Å²) in [5.74, 6) is 0.855. The minimum Gasteiger partial charge on any atom is -0.360 e. The lowest BCUT2D eigenvalue weighted by Crippen LogP contribution is -2.33. The van der Waals surface area contributed by atoms with E-state index in [1.807, 2.05) is 13.8 Å². The van der Waals surface area contributed by atoms with Gasteiger partial charge in [0.25, 0.3) is 5.91 Å². The first-order valence-corrected chi connectivity index (χ1v) is 6.64. The minimum absolute atomic E-state index is 0.148. The fourth-order valence-corrected chi connectivity index (χ4v) is 2.09. The second-order valence-corrected chi connectivity index (χ2v) is 5.07. The topological polar surface area (TPSA) is 58.4 Å². The van der Waals surface area contributed by atoms with E-state index in [4.69, 9.17) is 4.52 Å². The van der Waals surface area contributed by atoms with Crippen molar-refractivity contribution in [1.82, 2.24) is 15.4 Å². The summed E-state index contributed by atoms with van der Waals surface area (Å²) in [5.41, 5.74) is 0.375. The first kappa shape index (κ1) is 13.1. The number of aromatic nitrogens is 1. The second-order valence-electron chi connectivity index (χ2n) is 5.07. The molecule has 0 atom stereocenters. The fraction of sp³-hybridized carbons (Fsp3) is 0.692. The van der Waals surface area contributed by atoms with E-state index in [9.17, 15) is 4.79 Å². The Labute approximate surface area is 108 Å². The van der Waals surface area contributed by atoms with Crippen LogP contribution in [0.1, 0.15) is 48.9 Å². The molecule has 1 fully saturated rings. The Balaban J connectivity index is 1.76. The number of carbonyl (C=O) groups is 1. The number of nitrogens with zero attached hydrogens (tertiary/aromatic N) is 2. The Kier molecular flexibility index (Phi) is 4.36. The molecule has 2 heterocycles. The standard InChI is InChI=1S/C13H21N3O2/c1-10(2)12-9-11(15-18-12)13(17)14-5-8-16-6-3-4-7-16/h9-10H,3-8H2,1-2H3,(H,14,17). The van der Waals surface area contributed by atoms with Crippen LogP contribution in [0.2, 0.25) is 0 Å². The molecule has 18 heavy (non-hydrogen) atoms. The van der Waals surface area contributed by atoms with Gasteiger partial charge in [-0.15, -0.1) is 0 Å². The molecule has 2 rings (SSSR count). The molecule has 5 nitrogen and oxygen atoms in total. The Morgan fingerprint density at radius 1 is 1.50 bits per heavy atom. The molecular formula is C13H21N3O2. The van der Waals surface area contributed by atoms with Gasteiger partial charge < -0.3 is 14.7 Å². The highest BCUT2D eigenvalue weighted by Gasteiger charge is 2.15. The summed E-state index contributed by atoms with van der Waals surface area (Å²) >= 11 is 0. The van der Waals surface area contributed by atoms with Gasteiger partial charge in [0, 0.05) is 25.1 Å². The Morgan fingerprint density at radius 3 is 2.83 bits per heavy atom. The summed E-state index contributed by atoms with van der Waals surface area (Å²) in [7, 11) is 0. The largest absolute Gasteiger partial charge is 0.360 e. The molecule has 0 unspecified atom stereocenters. The number of likely N-dealkylation sites (tertiary alicyclic amines) is 1. The van der Waals surface area contributed by atoms with Crippen LogP contribution in [0.25, 0.3) is 0 Å². The number of hydrogen-bond acceptors (Lipinski definition) is 4. The molecule has 0 spiro atoms. The second kappa shape index (κ2) is 6.00. The number of amides is 1. The minimum atomic E-state index is -0.148. The van der Waals surface area contributed by atoms with E-state index in [2.05, 4.69) is 15.4 Å². The fourth-order valence-electron chi connectivity index (χ4n) is 2.09. The van der Waals surface area contributed by atoms with Gasteiger partial charge in [-0.2, -0.15) is 0 Å². The van der Waals surface area contributed by atoms with Gasteiger partial charge in [0.15, 0.2) is 5.69 Å². The quantitative estimate of drug-likeness (QED) is 0.864. The van der Waals surface area contributed by atoms with Gasteiger partial charge in [0.1, 0.15) is 5.76 Å². The van der Waals surface area contributed by atoms with Crippen molar-refractivity contribution >= 4 is 5.91 Å². The van der Waals surface area contributed by atoms with Gasteiger partial charge >= 0.3 is 0 Å². The van der Waals surface area contributed by atoms with Gasteiger partial charge in [-0.05, 0) is 25.9 Å². The van der Waals surface area contributed by atoms with E-state index in [1.165, 1.54) is 12.8 Å². The Morgan fingerprint density at radius 2 is 2.22 bits per heavy atom. The summed E-state index contributed by atoms with van der Waals surface area (Å²) in [4.78, 5) is 14.2. The molecule has 1 aliphatic heterocycles. The Hall–Kier alpha value is -1.36. The molecular weight excluding hydrogens is 230 g/mol. The van der Waals surface area contributed by atoms with Crippen molar-refractivity contribution in [2.45, 2.75) is 32.6 Å². The SMILES string of the molecule is CC(C)c1cc(C(=O)NCCN2CCCC2)no1. The molecule has 5 heteroatoms. The van der Waals surface area contributed by atoms with E-state index in [-0.39, 0.29) is 11.8 Å². The lowest BCUT2D eigenvalue weighted by molar-refractivity contribution is 0.0940. The van der Waals surface area contributed by atoms with Crippen LogP contribution in [0.5, 0.6) is 0 Å². The van der Waals surface area contributed by atoms with Crippen LogP contribution < -0.4 is 5.32 Å². The smallest absolute Gasteiger partial charge is 0.273 e. The molecule has 0 radical (unpaired) electrons. The van der Waals surface area contributed by atoms with Gasteiger partial charge in [-0.25, -0.2) is 0 Å². The third-order valence-corrected chi connectivity index (χ3v) is 3.24. The summed E-state index contributed by atoms with van der Waals surface area (Å²) in [6.45, 7) is 7.91. The van der Waals surface area contributed by atoms with Crippen LogP contribution in [-0.4, -0.2) is 42.1 Å². The van der Waals surface area contributed by atoms with Gasteiger partial charge in [0.05, 0.1) is 0 Å². The molecule has 1 amide bonds. The first-order valence-electron chi connectivity index (χ1n) is 6.64. The van der Waals surface area contributed by atoms with E-state index in [1.54, 1.807) is 6.07 Å². The molecule has 1 aromatic rings. The third kappa shape index (κ3) is 3.32. The monoisotopic (exact) mass is 251 g/mol. The maximum absolute atomic E-state index is 11.8. The van der Waals surface area contributed by atoms with Crippen molar-refractivity contribution in [1.29, 1.82) is 0 Å². The molecule has 0 aliphatic carbocycles. The van der Waals surface area contributed by atoms with E-state index in [0.717, 1.165) is 25.4 Å². The summed E-state index contributed by atoms with van der Waals surface area (Å²) in [6, 6.07) is 1.72. The Bertz CT molecular complexity index is 395. The maximum atomic E-state index is 11.8. The van der Waals surface area contributed by atoms with Crippen molar-refractivity contribution in [3.8, 4) is 0 Å². The molecule has 0 aromatic carbocycles. The molecule has 1 saturated heterocycles. The first-order chi connectivity index (χ1) is 8.66. The molecule has 0 saturated carbocycles. The summed E-state index contributed by atoms with van der Waals surface area (Å²) < 4.78 is 5.11. The molecule has 1 aromatic heterocycles. The summed E-state index contributed by atoms with van der Waals surface area (Å²) in [6.07, 6.45) is 2.55. The highest BCUT2D eigenvalue weighted by molar-refractivity contribution is 5.92. The number of nitrogens with one attached hydrogen (secondary N) is 1. The van der Waals surface area contributed by atoms with Crippen molar-refractivity contribution in [2.75, 3.05) is 26.2 Å². The highest BCUT2D eigenvalue weighted by atomic mass is 16.5. The zero-order valence-electron chi connectivity index (χ0n) is 11.1. The van der Waals surface area contributed by atoms with Crippen LogP contribution in [0.4, 0.5) is 0 Å². The van der Waals surface area contributed by atoms with Crippen molar-refractivity contribution in [3.63, 3.8) is 0 Å². The predicted octanol–water partition coefficient (Wildman–Crippen LogP) is 1.62. The maximum Gasteiger partial charge on any atom is 0.273 e. The number of rotatable bonds is 5. The molecule has 1 N–H and O–H groups in total. The zero-order valence-corrected chi connectivity index (χ0v) is 11.1. The van der Waals surface area contributed by atoms with Crippen LogP contribution >= 0.6 is 0 Å². The average molecular weight is 251 g/mol. The van der Waals surface area contributed by atoms with Crippen LogP contribution in [0, 0.1) is 0 Å². The lowest BCUT2D eigenvalue weighted by atomic mass is 10.1. The van der Waals surface area contributed by atoms with Crippen LogP contribution in [-0.2, 0) is 0 Å². The molecule has 1 aliphatic rings. The van der Waals surface area contributed by atoms with Crippen molar-refractivity contribution < 1.29 is 9.32 Å². The third-order valence-electron chi connectivity index (χ3n) is 3.24. The highest BCUT2D eigenvalue weighted by Crippen LogP contribution is 2.14. The summed E-state index contributed by atoms with van der Waals surface area (Å²) in [5, 5.41) is 6.66. The van der Waals surface area contributed by atoms with E-state index >= 15 is 0 Å². The van der Waals surface area contributed by atoms with Gasteiger partial charge in [0.2, 0.25) is 0 Å². The van der Waals surface area contributed by atoms with Crippen LogP contribution in [0.3, 0.4) is 0 Å². The van der Waals surface area contributed by atoms with Gasteiger partial charge in [-0.3, -0.25) is 4.79 Å². The van der Waals surface area contributed by atoms with Crippen molar-refractivity contribution in [3.05, 3.63) is 17.5 Å². The molecule has 100 valence electrons. The van der Waals surface area contributed by atoms with Gasteiger partial charge in [-0.1, -0.05) is 19.0 Å². The normalized spacial score (nSPS) is 16.4. The lowest BCUT2D eigenvalue weighted by Gasteiger charge is -2.14.